The van der Waals surface area contributed by atoms with Gasteiger partial charge < -0.3 is 18.8 Å². The molecule has 0 radical (unpaired) electrons. The lowest BCUT2D eigenvalue weighted by Gasteiger charge is -2.59. The Morgan fingerprint density at radius 2 is 1.72 bits per heavy atom. The van der Waals surface area contributed by atoms with E-state index in [1.807, 2.05) is 0 Å². The van der Waals surface area contributed by atoms with Gasteiger partial charge in [0.2, 0.25) is 0 Å². The third-order valence-electron chi connectivity index (χ3n) is 8.86. The molecule has 5 fully saturated rings. The lowest BCUT2D eigenvalue weighted by atomic mass is 9.48. The molecule has 216 valence electrons. The summed E-state index contributed by atoms with van der Waals surface area (Å²) in [7, 11) is -4.54. The van der Waals surface area contributed by atoms with Gasteiger partial charge in [0.1, 0.15) is 23.6 Å². The number of esters is 2. The summed E-state index contributed by atoms with van der Waals surface area (Å²) in [6.45, 7) is 1.23. The first-order chi connectivity index (χ1) is 18.1. The van der Waals surface area contributed by atoms with Gasteiger partial charge in [-0.2, -0.15) is 13.2 Å². The molecule has 0 aromatic heterocycles. The van der Waals surface area contributed by atoms with Crippen molar-refractivity contribution >= 4 is 22.1 Å². The molecule has 0 heterocycles. The quantitative estimate of drug-likeness (QED) is 0.315. The smallest absolute Gasteiger partial charge is 0.419 e. The Balaban J connectivity index is 1.36. The number of carbonyl (C=O) groups is 2. The topological polar surface area (TPSA) is 119 Å². The fourth-order valence-electron chi connectivity index (χ4n) is 7.64. The van der Waals surface area contributed by atoms with E-state index >= 15 is 0 Å². The molecule has 0 spiro atoms. The number of benzene rings is 1. The van der Waals surface area contributed by atoms with Gasteiger partial charge in [-0.05, 0) is 94.7 Å². The Hall–Kier alpha value is -2.34. The molecule has 2 atom stereocenters. The summed E-state index contributed by atoms with van der Waals surface area (Å²) >= 11 is 0. The highest BCUT2D eigenvalue weighted by atomic mass is 32.2. The zero-order valence-electron chi connectivity index (χ0n) is 21.7. The van der Waals surface area contributed by atoms with Crippen LogP contribution in [0, 0.1) is 17.3 Å². The van der Waals surface area contributed by atoms with Gasteiger partial charge in [0.25, 0.3) is 0 Å². The Morgan fingerprint density at radius 3 is 2.31 bits per heavy atom. The normalized spacial score (nSPS) is 31.2. The van der Waals surface area contributed by atoms with Crippen LogP contribution < -0.4 is 4.74 Å². The molecule has 8 nitrogen and oxygen atoms in total. The van der Waals surface area contributed by atoms with E-state index in [1.54, 1.807) is 6.92 Å². The second-order valence-corrected chi connectivity index (χ2v) is 13.7. The van der Waals surface area contributed by atoms with Gasteiger partial charge in [-0.3, -0.25) is 4.79 Å². The van der Waals surface area contributed by atoms with E-state index in [-0.39, 0.29) is 23.8 Å². The predicted molar refractivity (Wildman–Crippen MR) is 130 cm³/mol. The lowest BCUT2D eigenvalue weighted by molar-refractivity contribution is -0.196. The van der Waals surface area contributed by atoms with Crippen molar-refractivity contribution in [1.82, 2.24) is 0 Å². The molecule has 5 aliphatic carbocycles. The number of carbonyl (C=O) groups excluding carboxylic acids is 2. The largest absolute Gasteiger partial charge is 0.748 e. The van der Waals surface area contributed by atoms with Crippen molar-refractivity contribution in [2.24, 2.45) is 17.3 Å². The maximum atomic E-state index is 13.7. The first kappa shape index (κ1) is 28.2. The lowest BCUT2D eigenvalue weighted by Crippen LogP contribution is -2.60. The van der Waals surface area contributed by atoms with Gasteiger partial charge in [0.15, 0.2) is 0 Å². The van der Waals surface area contributed by atoms with Crippen LogP contribution in [0.3, 0.4) is 0 Å². The van der Waals surface area contributed by atoms with Gasteiger partial charge in [0.05, 0.1) is 32.4 Å². The number of halogens is 3. The number of rotatable bonds is 8. The number of ether oxygens (including phenoxy) is 3. The third kappa shape index (κ3) is 5.91. The average molecular weight is 574 g/mol. The summed E-state index contributed by atoms with van der Waals surface area (Å²) in [6, 6.07) is 3.03. The fourth-order valence-corrected chi connectivity index (χ4v) is 7.93. The highest BCUT2D eigenvalue weighted by Crippen LogP contribution is 2.63. The Kier molecular flexibility index (Phi) is 6.97. The van der Waals surface area contributed by atoms with Crippen molar-refractivity contribution in [2.45, 2.75) is 88.5 Å². The Bertz CT molecular complexity index is 1240. The molecule has 1 aromatic rings. The molecule has 6 rings (SSSR count). The van der Waals surface area contributed by atoms with Gasteiger partial charge in [-0.15, -0.1) is 0 Å². The van der Waals surface area contributed by atoms with Crippen molar-refractivity contribution in [3.05, 3.63) is 29.3 Å². The third-order valence-corrected chi connectivity index (χ3v) is 9.52. The van der Waals surface area contributed by atoms with Crippen LogP contribution in [-0.4, -0.2) is 48.5 Å². The summed E-state index contributed by atoms with van der Waals surface area (Å²) in [5, 5.41) is 0. The molecular formula is C27H32F3O8S-. The number of alkyl halides is 3. The average Bonchev–Trinajstić information content (AvgIpc) is 3.22. The molecule has 0 saturated heterocycles. The van der Waals surface area contributed by atoms with E-state index in [0.29, 0.717) is 38.5 Å². The van der Waals surface area contributed by atoms with Crippen LogP contribution >= 0.6 is 0 Å². The maximum Gasteiger partial charge on any atom is 0.419 e. The Morgan fingerprint density at radius 1 is 1.08 bits per heavy atom. The van der Waals surface area contributed by atoms with E-state index in [0.717, 1.165) is 37.5 Å². The van der Waals surface area contributed by atoms with E-state index in [4.69, 9.17) is 14.2 Å². The second-order valence-electron chi connectivity index (χ2n) is 12.2. The van der Waals surface area contributed by atoms with Crippen molar-refractivity contribution in [3.63, 3.8) is 0 Å². The molecule has 0 amide bonds. The molecule has 12 heteroatoms. The van der Waals surface area contributed by atoms with Crippen molar-refractivity contribution in [1.29, 1.82) is 0 Å². The zero-order chi connectivity index (χ0) is 28.3. The summed E-state index contributed by atoms with van der Waals surface area (Å²) in [5.41, 5.74) is -3.70. The van der Waals surface area contributed by atoms with Crippen LogP contribution in [0.4, 0.5) is 13.2 Å². The van der Waals surface area contributed by atoms with Gasteiger partial charge >= 0.3 is 18.1 Å². The van der Waals surface area contributed by atoms with Crippen molar-refractivity contribution in [2.75, 3.05) is 12.4 Å². The Labute approximate surface area is 225 Å². The van der Waals surface area contributed by atoms with E-state index in [9.17, 15) is 35.7 Å². The van der Waals surface area contributed by atoms with E-state index < -0.39 is 68.5 Å². The van der Waals surface area contributed by atoms with Gasteiger partial charge in [-0.25, -0.2) is 13.2 Å². The van der Waals surface area contributed by atoms with Crippen LogP contribution in [-0.2, 0) is 30.6 Å². The summed E-state index contributed by atoms with van der Waals surface area (Å²) < 4.78 is 91.0. The van der Waals surface area contributed by atoms with Crippen LogP contribution in [0.25, 0.3) is 0 Å². The number of hydrogen-bond donors (Lipinski definition) is 0. The maximum absolute atomic E-state index is 13.7. The van der Waals surface area contributed by atoms with Crippen LogP contribution in [0.15, 0.2) is 18.2 Å². The first-order valence-corrected chi connectivity index (χ1v) is 14.9. The molecule has 39 heavy (non-hydrogen) atoms. The molecule has 5 saturated carbocycles. The van der Waals surface area contributed by atoms with Crippen LogP contribution in [0.2, 0.25) is 0 Å². The molecule has 4 bridgehead atoms. The highest BCUT2D eigenvalue weighted by Gasteiger charge is 2.63. The monoisotopic (exact) mass is 573 g/mol. The zero-order valence-corrected chi connectivity index (χ0v) is 22.5. The van der Waals surface area contributed by atoms with Crippen molar-refractivity contribution in [3.8, 4) is 5.75 Å². The number of hydrogen-bond acceptors (Lipinski definition) is 8. The fraction of sp³-hybridized carbons (Fsp3) is 0.704. The molecule has 0 aliphatic heterocycles. The summed E-state index contributed by atoms with van der Waals surface area (Å²) in [6.07, 6.45) is 1.40. The molecule has 5 aliphatic rings. The highest BCUT2D eigenvalue weighted by molar-refractivity contribution is 7.85. The minimum atomic E-state index is -4.66. The van der Waals surface area contributed by atoms with Crippen LogP contribution in [0.1, 0.15) is 87.1 Å². The predicted octanol–water partition coefficient (Wildman–Crippen LogP) is 5.00. The molecule has 0 N–H and O–H groups in total. The van der Waals surface area contributed by atoms with E-state index in [2.05, 4.69) is 0 Å². The standard InChI is InChI=1S/C27H33F3O8S/c1-24(6-2-3-7-24)37-21-11-19(4-5-20(21)27(28,29)30)22(31)38-26-14-17-10-18(15-26)13-25(12-17,16-26)23(32)36-8-9-39(33,34)35/h4-5,11,17-18H,2-3,6-10,12-16H2,1H3,(H,33,34,35)/p-1. The SMILES string of the molecule is CC1(Oc2cc(C(=O)OC34CC5CC(C3)CC(C(=O)OCCS(=O)(=O)[O-])(C5)C4)ccc2C(F)(F)F)CCCC1. The minimum Gasteiger partial charge on any atom is -0.748 e. The molecule has 1 aromatic carbocycles. The summed E-state index contributed by atoms with van der Waals surface area (Å²) in [5.74, 6) is -2.43. The van der Waals surface area contributed by atoms with E-state index in [1.165, 1.54) is 0 Å². The molecular weight excluding hydrogens is 541 g/mol. The van der Waals surface area contributed by atoms with Gasteiger partial charge in [0, 0.05) is 6.42 Å². The van der Waals surface area contributed by atoms with Gasteiger partial charge in [-0.1, -0.05) is 0 Å². The minimum absolute atomic E-state index is 0.0624. The first-order valence-electron chi connectivity index (χ1n) is 13.3. The van der Waals surface area contributed by atoms with Crippen LogP contribution in [0.5, 0.6) is 5.75 Å². The second kappa shape index (κ2) is 9.64. The molecule has 2 unspecified atom stereocenters. The summed E-state index contributed by atoms with van der Waals surface area (Å²) in [4.78, 5) is 26.4. The van der Waals surface area contributed by atoms with Crippen molar-refractivity contribution < 1.29 is 49.9 Å².